The summed E-state index contributed by atoms with van der Waals surface area (Å²) in [7, 11) is -1.64. The molecule has 1 aliphatic carbocycles. The molecule has 10 heteroatoms. The van der Waals surface area contributed by atoms with Gasteiger partial charge in [-0.25, -0.2) is 13.1 Å². The summed E-state index contributed by atoms with van der Waals surface area (Å²) >= 11 is 0. The van der Waals surface area contributed by atoms with Gasteiger partial charge in [0.25, 0.3) is 0 Å². The number of rotatable bonds is 7. The van der Waals surface area contributed by atoms with Crippen molar-refractivity contribution in [2.75, 3.05) is 44.4 Å². The second-order valence-corrected chi connectivity index (χ2v) is 8.73. The smallest absolute Gasteiger partial charge is 0.213 e. The minimum absolute atomic E-state index is 0. The summed E-state index contributed by atoms with van der Waals surface area (Å²) in [6.07, 6.45) is 4.29. The third kappa shape index (κ3) is 6.96. The maximum absolute atomic E-state index is 12.1. The standard InChI is InChI=1S/C18H28N4O4S.HI/c1-19-18(20-8-11-27(23,24)21-13-14-4-2-5-14)22-15-6-7-16-17(12-15)26-10-3-9-25-16;/h6-7,12,14,21H,2-5,8-11,13H2,1H3,(H2,19,20,22);1H. The van der Waals surface area contributed by atoms with Crippen molar-refractivity contribution in [2.45, 2.75) is 25.7 Å². The highest BCUT2D eigenvalue weighted by atomic mass is 127. The number of fused-ring (bicyclic) bond motifs is 1. The normalized spacial score (nSPS) is 17.1. The molecule has 1 fully saturated rings. The van der Waals surface area contributed by atoms with Crippen LogP contribution in [-0.4, -0.2) is 53.5 Å². The summed E-state index contributed by atoms with van der Waals surface area (Å²) in [6, 6.07) is 5.58. The van der Waals surface area contributed by atoms with Crippen molar-refractivity contribution >= 4 is 45.6 Å². The van der Waals surface area contributed by atoms with Crippen LogP contribution in [0.1, 0.15) is 25.7 Å². The molecule has 1 saturated carbocycles. The fourth-order valence-corrected chi connectivity index (χ4v) is 3.88. The number of guanidine groups is 1. The Hall–Kier alpha value is -1.27. The predicted octanol–water partition coefficient (Wildman–Crippen LogP) is 2.17. The van der Waals surface area contributed by atoms with E-state index in [1.807, 2.05) is 18.2 Å². The summed E-state index contributed by atoms with van der Waals surface area (Å²) in [6.45, 7) is 2.08. The van der Waals surface area contributed by atoms with Crippen molar-refractivity contribution in [2.24, 2.45) is 10.9 Å². The molecule has 28 heavy (non-hydrogen) atoms. The molecule has 3 N–H and O–H groups in total. The third-order valence-corrected chi connectivity index (χ3v) is 6.06. The Kier molecular flexibility index (Phi) is 9.09. The topological polar surface area (TPSA) is 101 Å². The zero-order chi connectivity index (χ0) is 19.1. The van der Waals surface area contributed by atoms with Crippen LogP contribution in [0.15, 0.2) is 23.2 Å². The first-order valence-corrected chi connectivity index (χ1v) is 11.1. The second kappa shape index (κ2) is 11.1. The van der Waals surface area contributed by atoms with Crippen LogP contribution in [0.25, 0.3) is 0 Å². The predicted molar refractivity (Wildman–Crippen MR) is 122 cm³/mol. The van der Waals surface area contributed by atoms with Gasteiger partial charge < -0.3 is 20.1 Å². The largest absolute Gasteiger partial charge is 0.490 e. The lowest BCUT2D eigenvalue weighted by atomic mass is 9.86. The highest BCUT2D eigenvalue weighted by Crippen LogP contribution is 2.32. The average Bonchev–Trinajstić information content (AvgIpc) is 2.84. The first-order valence-electron chi connectivity index (χ1n) is 9.40. The van der Waals surface area contributed by atoms with Crippen molar-refractivity contribution in [1.82, 2.24) is 10.0 Å². The summed E-state index contributed by atoms with van der Waals surface area (Å²) in [5.41, 5.74) is 0.790. The highest BCUT2D eigenvalue weighted by Gasteiger charge is 2.20. The molecule has 1 aromatic rings. The van der Waals surface area contributed by atoms with Crippen LogP contribution < -0.4 is 24.8 Å². The molecule has 0 spiro atoms. The van der Waals surface area contributed by atoms with Gasteiger partial charge >= 0.3 is 0 Å². The van der Waals surface area contributed by atoms with E-state index in [1.165, 1.54) is 6.42 Å². The Bertz CT molecular complexity index is 769. The van der Waals surface area contributed by atoms with E-state index in [2.05, 4.69) is 20.3 Å². The lowest BCUT2D eigenvalue weighted by molar-refractivity contribution is 0.297. The molecule has 3 rings (SSSR count). The maximum atomic E-state index is 12.1. The van der Waals surface area contributed by atoms with Crippen LogP contribution in [-0.2, 0) is 10.0 Å². The molecular formula is C18H29IN4O4S. The number of halogens is 1. The Morgan fingerprint density at radius 3 is 2.61 bits per heavy atom. The fraction of sp³-hybridized carbons (Fsp3) is 0.611. The zero-order valence-corrected chi connectivity index (χ0v) is 19.2. The molecule has 0 bridgehead atoms. The summed E-state index contributed by atoms with van der Waals surface area (Å²) in [5, 5.41) is 6.17. The monoisotopic (exact) mass is 524 g/mol. The molecule has 0 radical (unpaired) electrons. The number of nitrogens with one attached hydrogen (secondary N) is 3. The molecule has 0 aromatic heterocycles. The Morgan fingerprint density at radius 1 is 1.18 bits per heavy atom. The number of aliphatic imine (C=N–C) groups is 1. The molecule has 1 aromatic carbocycles. The molecule has 0 atom stereocenters. The van der Waals surface area contributed by atoms with Crippen molar-refractivity contribution in [3.8, 4) is 11.5 Å². The van der Waals surface area contributed by atoms with Gasteiger partial charge in [-0.15, -0.1) is 24.0 Å². The van der Waals surface area contributed by atoms with Crippen LogP contribution in [0.5, 0.6) is 11.5 Å². The van der Waals surface area contributed by atoms with Gasteiger partial charge in [0, 0.05) is 38.3 Å². The van der Waals surface area contributed by atoms with Crippen molar-refractivity contribution in [3.05, 3.63) is 18.2 Å². The van der Waals surface area contributed by atoms with Gasteiger partial charge in [0.15, 0.2) is 17.5 Å². The minimum atomic E-state index is -3.28. The summed E-state index contributed by atoms with van der Waals surface area (Å²) < 4.78 is 38.1. The number of nitrogens with zero attached hydrogens (tertiary/aromatic N) is 1. The van der Waals surface area contributed by atoms with Crippen LogP contribution in [0.4, 0.5) is 5.69 Å². The van der Waals surface area contributed by atoms with E-state index in [9.17, 15) is 8.42 Å². The van der Waals surface area contributed by atoms with Gasteiger partial charge in [0.1, 0.15) is 0 Å². The Balaban J connectivity index is 0.00000280. The Labute approximate surface area is 183 Å². The third-order valence-electron chi connectivity index (χ3n) is 4.71. The summed E-state index contributed by atoms with van der Waals surface area (Å²) in [4.78, 5) is 4.14. The maximum Gasteiger partial charge on any atom is 0.213 e. The number of ether oxygens (including phenoxy) is 2. The van der Waals surface area contributed by atoms with E-state index in [0.29, 0.717) is 37.4 Å². The quantitative estimate of drug-likeness (QED) is 0.287. The minimum Gasteiger partial charge on any atom is -0.490 e. The lowest BCUT2D eigenvalue weighted by Crippen LogP contribution is -2.39. The molecule has 2 aliphatic rings. The molecule has 8 nitrogen and oxygen atoms in total. The molecule has 1 aliphatic heterocycles. The van der Waals surface area contributed by atoms with Gasteiger partial charge in [0.05, 0.1) is 19.0 Å². The number of anilines is 1. The lowest BCUT2D eigenvalue weighted by Gasteiger charge is -2.25. The highest BCUT2D eigenvalue weighted by molar-refractivity contribution is 14.0. The molecule has 1 heterocycles. The van der Waals surface area contributed by atoms with E-state index < -0.39 is 10.0 Å². The van der Waals surface area contributed by atoms with Gasteiger partial charge in [-0.05, 0) is 30.9 Å². The fourth-order valence-electron chi connectivity index (χ4n) is 2.87. The van der Waals surface area contributed by atoms with E-state index in [-0.39, 0.29) is 36.3 Å². The molecule has 0 amide bonds. The first-order chi connectivity index (χ1) is 13.1. The average molecular weight is 524 g/mol. The van der Waals surface area contributed by atoms with Crippen LogP contribution >= 0.6 is 24.0 Å². The molecule has 158 valence electrons. The number of sulfonamides is 1. The first kappa shape index (κ1) is 23.0. The summed E-state index contributed by atoms with van der Waals surface area (Å²) in [5.74, 6) is 2.42. The zero-order valence-electron chi connectivity index (χ0n) is 16.1. The van der Waals surface area contributed by atoms with Crippen LogP contribution in [0.3, 0.4) is 0 Å². The van der Waals surface area contributed by atoms with Crippen LogP contribution in [0.2, 0.25) is 0 Å². The number of benzene rings is 1. The van der Waals surface area contributed by atoms with Gasteiger partial charge in [-0.2, -0.15) is 0 Å². The van der Waals surface area contributed by atoms with E-state index >= 15 is 0 Å². The Morgan fingerprint density at radius 2 is 1.93 bits per heavy atom. The van der Waals surface area contributed by atoms with E-state index in [4.69, 9.17) is 9.47 Å². The molecule has 0 saturated heterocycles. The SMILES string of the molecule is CN=C(NCCS(=O)(=O)NCC1CCC1)Nc1ccc2c(c1)OCCCO2.I. The second-order valence-electron chi connectivity index (χ2n) is 6.80. The molecule has 0 unspecified atom stereocenters. The number of hydrogen-bond acceptors (Lipinski definition) is 5. The van der Waals surface area contributed by atoms with Crippen molar-refractivity contribution in [1.29, 1.82) is 0 Å². The van der Waals surface area contributed by atoms with Gasteiger partial charge in [0.2, 0.25) is 10.0 Å². The molecular weight excluding hydrogens is 495 g/mol. The van der Waals surface area contributed by atoms with Gasteiger partial charge in [-0.3, -0.25) is 4.99 Å². The van der Waals surface area contributed by atoms with E-state index in [0.717, 1.165) is 30.7 Å². The van der Waals surface area contributed by atoms with Crippen molar-refractivity contribution in [3.63, 3.8) is 0 Å². The van der Waals surface area contributed by atoms with Gasteiger partial charge in [-0.1, -0.05) is 6.42 Å². The van der Waals surface area contributed by atoms with Crippen molar-refractivity contribution < 1.29 is 17.9 Å². The van der Waals surface area contributed by atoms with Crippen LogP contribution in [0, 0.1) is 5.92 Å². The van der Waals surface area contributed by atoms with E-state index in [1.54, 1.807) is 7.05 Å². The number of hydrogen-bond donors (Lipinski definition) is 3.